The number of hydrogen-bond donors (Lipinski definition) is 3. The van der Waals surface area contributed by atoms with Crippen molar-refractivity contribution in [3.05, 3.63) is 29.8 Å². The number of amides is 2. The fraction of sp³-hybridized carbons (Fsp3) is 0. The number of carbonyl (C=O) groups is 2. The van der Waals surface area contributed by atoms with Gasteiger partial charge in [-0.1, -0.05) is 15.7 Å². The number of hydrogen-bond acceptors (Lipinski definition) is 6. The molecule has 0 spiro atoms. The first kappa shape index (κ1) is 11.9. The van der Waals surface area contributed by atoms with Gasteiger partial charge in [-0.3, -0.25) is 5.32 Å². The third-order valence-corrected chi connectivity index (χ3v) is 2.40. The molecular weight excluding hydrogens is 258 g/mol. The predicted molar refractivity (Wildman–Crippen MR) is 63.7 cm³/mol. The predicted octanol–water partition coefficient (Wildman–Crippen LogP) is 1.28. The molecule has 0 unspecified atom stereocenters. The lowest BCUT2D eigenvalue weighted by Gasteiger charge is -2.05. The first-order valence-electron chi connectivity index (χ1n) is 4.71. The lowest BCUT2D eigenvalue weighted by Crippen LogP contribution is -2.19. The van der Waals surface area contributed by atoms with Crippen molar-refractivity contribution in [2.45, 2.75) is 0 Å². The van der Waals surface area contributed by atoms with Crippen molar-refractivity contribution in [3.8, 4) is 0 Å². The van der Waals surface area contributed by atoms with E-state index in [1.807, 2.05) is 0 Å². The van der Waals surface area contributed by atoms with Crippen molar-refractivity contribution in [2.75, 3.05) is 10.6 Å². The van der Waals surface area contributed by atoms with E-state index in [0.29, 0.717) is 5.69 Å². The first-order chi connectivity index (χ1) is 8.65. The molecule has 0 fully saturated rings. The van der Waals surface area contributed by atoms with Gasteiger partial charge in [-0.15, -0.1) is 0 Å². The van der Waals surface area contributed by atoms with Gasteiger partial charge < -0.3 is 10.4 Å². The molecule has 0 aliphatic carbocycles. The standard InChI is InChI=1S/C9H7N5O3S/c15-7(16)5-2-1-3-6(4-5)10-8(17)11-9-12-13-14-18-9/h1-4H,(H,15,16)(H2,10,11,12,14,17). The Morgan fingerprint density at radius 1 is 1.28 bits per heavy atom. The van der Waals surface area contributed by atoms with Crippen LogP contribution in [0.1, 0.15) is 10.4 Å². The molecule has 1 heterocycles. The molecule has 9 heteroatoms. The zero-order valence-corrected chi connectivity index (χ0v) is 9.64. The number of urea groups is 1. The fourth-order valence-corrected chi connectivity index (χ4v) is 1.53. The number of carboxylic acids is 1. The molecule has 0 saturated heterocycles. The van der Waals surface area contributed by atoms with Gasteiger partial charge in [0.05, 0.1) is 5.56 Å². The Balaban J connectivity index is 2.03. The molecule has 1 aromatic heterocycles. The second kappa shape index (κ2) is 5.19. The van der Waals surface area contributed by atoms with Gasteiger partial charge >= 0.3 is 12.0 Å². The number of nitrogens with zero attached hydrogens (tertiary/aromatic N) is 3. The van der Waals surface area contributed by atoms with Gasteiger partial charge in [0, 0.05) is 17.2 Å². The minimum Gasteiger partial charge on any atom is -0.478 e. The van der Waals surface area contributed by atoms with Gasteiger partial charge in [-0.25, -0.2) is 9.59 Å². The van der Waals surface area contributed by atoms with Crippen LogP contribution < -0.4 is 10.6 Å². The molecule has 0 aliphatic rings. The minimum absolute atomic E-state index is 0.0883. The Hall–Kier alpha value is -2.55. The minimum atomic E-state index is -1.06. The molecule has 1 aromatic carbocycles. The summed E-state index contributed by atoms with van der Waals surface area (Å²) in [5.41, 5.74) is 0.454. The molecule has 0 saturated carbocycles. The molecule has 3 N–H and O–H groups in total. The summed E-state index contributed by atoms with van der Waals surface area (Å²) in [5, 5.41) is 20.8. The van der Waals surface area contributed by atoms with Crippen LogP contribution in [-0.2, 0) is 0 Å². The quantitative estimate of drug-likeness (QED) is 0.769. The zero-order chi connectivity index (χ0) is 13.0. The Morgan fingerprint density at radius 2 is 2.11 bits per heavy atom. The van der Waals surface area contributed by atoms with E-state index in [-0.39, 0.29) is 10.7 Å². The van der Waals surface area contributed by atoms with Crippen molar-refractivity contribution in [1.82, 2.24) is 14.8 Å². The summed E-state index contributed by atoms with van der Waals surface area (Å²) in [6.45, 7) is 0. The number of aromatic nitrogens is 3. The molecular formula is C9H7N5O3S. The molecule has 0 atom stereocenters. The molecule has 18 heavy (non-hydrogen) atoms. The molecule has 92 valence electrons. The van der Waals surface area contributed by atoms with Gasteiger partial charge in [-0.05, 0) is 23.4 Å². The van der Waals surface area contributed by atoms with Gasteiger partial charge in [0.15, 0.2) is 0 Å². The summed E-state index contributed by atoms with van der Waals surface area (Å²) in [6, 6.07) is 5.34. The molecule has 0 bridgehead atoms. The van der Waals surface area contributed by atoms with E-state index in [0.717, 1.165) is 11.5 Å². The molecule has 8 nitrogen and oxygen atoms in total. The third kappa shape index (κ3) is 2.98. The summed E-state index contributed by atoms with van der Waals surface area (Å²) >= 11 is 0.932. The van der Waals surface area contributed by atoms with Crippen LogP contribution in [0.25, 0.3) is 0 Å². The van der Waals surface area contributed by atoms with Crippen molar-refractivity contribution in [3.63, 3.8) is 0 Å². The van der Waals surface area contributed by atoms with Crippen LogP contribution in [0.2, 0.25) is 0 Å². The van der Waals surface area contributed by atoms with E-state index in [1.165, 1.54) is 18.2 Å². The van der Waals surface area contributed by atoms with E-state index >= 15 is 0 Å². The second-order valence-corrected chi connectivity index (χ2v) is 3.87. The number of nitrogens with one attached hydrogen (secondary N) is 2. The van der Waals surface area contributed by atoms with E-state index < -0.39 is 12.0 Å². The van der Waals surface area contributed by atoms with Crippen LogP contribution in [0.3, 0.4) is 0 Å². The first-order valence-corrected chi connectivity index (χ1v) is 5.49. The van der Waals surface area contributed by atoms with Crippen molar-refractivity contribution in [2.24, 2.45) is 0 Å². The van der Waals surface area contributed by atoms with E-state index in [9.17, 15) is 9.59 Å². The Kier molecular flexibility index (Phi) is 3.44. The fourth-order valence-electron chi connectivity index (χ4n) is 1.17. The molecule has 2 aromatic rings. The normalized spacial score (nSPS) is 9.78. The van der Waals surface area contributed by atoms with Crippen LogP contribution in [0.15, 0.2) is 24.3 Å². The third-order valence-electron chi connectivity index (χ3n) is 1.89. The van der Waals surface area contributed by atoms with Gasteiger partial charge in [-0.2, -0.15) is 0 Å². The Labute approximate surface area is 105 Å². The summed E-state index contributed by atoms with van der Waals surface area (Å²) in [6.07, 6.45) is 0. The largest absolute Gasteiger partial charge is 0.478 e. The highest BCUT2D eigenvalue weighted by atomic mass is 32.1. The highest BCUT2D eigenvalue weighted by Crippen LogP contribution is 2.12. The Bertz CT molecular complexity index is 571. The summed E-state index contributed by atoms with van der Waals surface area (Å²) < 4.78 is 3.48. The van der Waals surface area contributed by atoms with Crippen LogP contribution in [0.5, 0.6) is 0 Å². The lowest BCUT2D eigenvalue weighted by molar-refractivity contribution is 0.0697. The van der Waals surface area contributed by atoms with Gasteiger partial charge in [0.1, 0.15) is 0 Å². The monoisotopic (exact) mass is 265 g/mol. The second-order valence-electron chi connectivity index (χ2n) is 3.13. The molecule has 2 amide bonds. The Morgan fingerprint density at radius 3 is 2.78 bits per heavy atom. The van der Waals surface area contributed by atoms with Crippen LogP contribution in [0, 0.1) is 0 Å². The number of rotatable bonds is 3. The average molecular weight is 265 g/mol. The molecule has 0 radical (unpaired) electrons. The summed E-state index contributed by atoms with van der Waals surface area (Å²) in [7, 11) is 0. The van der Waals surface area contributed by atoms with Crippen molar-refractivity contribution in [1.29, 1.82) is 0 Å². The average Bonchev–Trinajstić information content (AvgIpc) is 2.82. The van der Waals surface area contributed by atoms with Crippen molar-refractivity contribution < 1.29 is 14.7 Å². The van der Waals surface area contributed by atoms with Crippen LogP contribution >= 0.6 is 11.5 Å². The zero-order valence-electron chi connectivity index (χ0n) is 8.82. The maximum atomic E-state index is 11.5. The highest BCUT2D eigenvalue weighted by Gasteiger charge is 2.07. The van der Waals surface area contributed by atoms with E-state index in [2.05, 4.69) is 25.4 Å². The smallest absolute Gasteiger partial charge is 0.335 e. The van der Waals surface area contributed by atoms with E-state index in [4.69, 9.17) is 5.11 Å². The van der Waals surface area contributed by atoms with Gasteiger partial charge in [0.2, 0.25) is 5.13 Å². The highest BCUT2D eigenvalue weighted by molar-refractivity contribution is 7.09. The van der Waals surface area contributed by atoms with Gasteiger partial charge in [0.25, 0.3) is 0 Å². The number of benzene rings is 1. The van der Waals surface area contributed by atoms with Crippen LogP contribution in [0.4, 0.5) is 15.6 Å². The number of anilines is 2. The summed E-state index contributed by atoms with van der Waals surface area (Å²) in [5.74, 6) is -1.06. The number of carbonyl (C=O) groups excluding carboxylic acids is 1. The molecule has 0 aliphatic heterocycles. The van der Waals surface area contributed by atoms with Crippen LogP contribution in [-0.4, -0.2) is 31.9 Å². The van der Waals surface area contributed by atoms with Crippen molar-refractivity contribution >= 4 is 34.4 Å². The maximum Gasteiger partial charge on any atom is 0.335 e. The SMILES string of the molecule is O=C(Nc1cccc(C(=O)O)c1)Nc1nnns1. The maximum absolute atomic E-state index is 11.5. The summed E-state index contributed by atoms with van der Waals surface area (Å²) in [4.78, 5) is 22.2. The number of carboxylic acid groups (broad SMARTS) is 1. The topological polar surface area (TPSA) is 117 Å². The molecule has 2 rings (SSSR count). The lowest BCUT2D eigenvalue weighted by atomic mass is 10.2. The number of aromatic carboxylic acids is 1. The van der Waals surface area contributed by atoms with E-state index in [1.54, 1.807) is 6.07 Å².